The minimum Gasteiger partial charge on any atom is -0.478 e. The van der Waals surface area contributed by atoms with Crippen LogP contribution in [0.25, 0.3) is 0 Å². The predicted octanol–water partition coefficient (Wildman–Crippen LogP) is 3.91. The zero-order chi connectivity index (χ0) is 14.1. The molecule has 1 N–H and O–H groups in total. The molecule has 4 nitrogen and oxygen atoms in total. The maximum atomic E-state index is 11.2. The van der Waals surface area contributed by atoms with Gasteiger partial charge in [0.25, 0.3) is 0 Å². The predicted molar refractivity (Wildman–Crippen MR) is 79.0 cm³/mol. The van der Waals surface area contributed by atoms with Gasteiger partial charge in [-0.1, -0.05) is 15.9 Å². The number of hydrogen-bond acceptors (Lipinski definition) is 3. The maximum Gasteiger partial charge on any atom is 0.335 e. The molecule has 20 heavy (non-hydrogen) atoms. The van der Waals surface area contributed by atoms with Crippen LogP contribution in [-0.4, -0.2) is 17.1 Å². The molecule has 0 bridgehead atoms. The quantitative estimate of drug-likeness (QED) is 0.899. The molecule has 0 spiro atoms. The Bertz CT molecular complexity index is 620. The molecule has 1 aliphatic rings. The number of carboxylic acids is 1. The molecule has 0 saturated heterocycles. The topological polar surface area (TPSA) is 53.7 Å². The molecule has 104 valence electrons. The van der Waals surface area contributed by atoms with Crippen LogP contribution >= 0.6 is 15.9 Å². The molecular formula is C15H14BrNO3. The molecule has 1 saturated carbocycles. The molecule has 0 unspecified atom stereocenters. The SMILES string of the molecule is O=C(O)c1cc(Br)cc(N(Cc2ccco2)C2CC2)c1. The van der Waals surface area contributed by atoms with Crippen molar-refractivity contribution in [2.45, 2.75) is 25.4 Å². The first-order chi connectivity index (χ1) is 9.63. The van der Waals surface area contributed by atoms with Crippen LogP contribution in [0.1, 0.15) is 29.0 Å². The summed E-state index contributed by atoms with van der Waals surface area (Å²) in [7, 11) is 0. The Kier molecular flexibility index (Phi) is 3.53. The van der Waals surface area contributed by atoms with Crippen LogP contribution in [0.5, 0.6) is 0 Å². The largest absolute Gasteiger partial charge is 0.478 e. The van der Waals surface area contributed by atoms with E-state index >= 15 is 0 Å². The lowest BCUT2D eigenvalue weighted by Gasteiger charge is -2.24. The molecule has 1 aromatic heterocycles. The van der Waals surface area contributed by atoms with E-state index in [9.17, 15) is 4.79 Å². The summed E-state index contributed by atoms with van der Waals surface area (Å²) in [5.74, 6) is -0.0324. The van der Waals surface area contributed by atoms with Crippen molar-refractivity contribution in [3.05, 3.63) is 52.4 Å². The first-order valence-electron chi connectivity index (χ1n) is 6.46. The second-order valence-electron chi connectivity index (χ2n) is 4.94. The summed E-state index contributed by atoms with van der Waals surface area (Å²) in [6.07, 6.45) is 3.93. The van der Waals surface area contributed by atoms with E-state index in [2.05, 4.69) is 20.8 Å². The van der Waals surface area contributed by atoms with E-state index in [1.165, 1.54) is 0 Å². The highest BCUT2D eigenvalue weighted by molar-refractivity contribution is 9.10. The number of anilines is 1. The van der Waals surface area contributed by atoms with E-state index in [0.29, 0.717) is 18.2 Å². The number of rotatable bonds is 5. The minimum absolute atomic E-state index is 0.291. The second kappa shape index (κ2) is 5.32. The van der Waals surface area contributed by atoms with Crippen molar-refractivity contribution < 1.29 is 14.3 Å². The number of carbonyl (C=O) groups is 1. The van der Waals surface area contributed by atoms with E-state index in [1.807, 2.05) is 18.2 Å². The molecular weight excluding hydrogens is 322 g/mol. The number of furan rings is 1. The van der Waals surface area contributed by atoms with Crippen LogP contribution in [0.4, 0.5) is 5.69 Å². The number of carboxylic acid groups (broad SMARTS) is 1. The number of halogens is 1. The third-order valence-electron chi connectivity index (χ3n) is 3.36. The van der Waals surface area contributed by atoms with Crippen LogP contribution < -0.4 is 4.90 Å². The maximum absolute atomic E-state index is 11.2. The first kappa shape index (κ1) is 13.2. The summed E-state index contributed by atoms with van der Waals surface area (Å²) in [5, 5.41) is 9.17. The second-order valence-corrected chi connectivity index (χ2v) is 5.86. The van der Waals surface area contributed by atoms with Gasteiger partial charge in [0.2, 0.25) is 0 Å². The van der Waals surface area contributed by atoms with Crippen molar-refractivity contribution in [1.82, 2.24) is 0 Å². The Morgan fingerprint density at radius 1 is 1.40 bits per heavy atom. The summed E-state index contributed by atoms with van der Waals surface area (Å²) in [6, 6.07) is 9.55. The molecule has 2 aromatic rings. The van der Waals surface area contributed by atoms with E-state index in [1.54, 1.807) is 18.4 Å². The Morgan fingerprint density at radius 3 is 2.80 bits per heavy atom. The molecule has 5 heteroatoms. The highest BCUT2D eigenvalue weighted by Gasteiger charge is 2.30. The fraction of sp³-hybridized carbons (Fsp3) is 0.267. The third kappa shape index (κ3) is 2.88. The van der Waals surface area contributed by atoms with Gasteiger partial charge in [-0.25, -0.2) is 4.79 Å². The van der Waals surface area contributed by atoms with Crippen molar-refractivity contribution in [1.29, 1.82) is 0 Å². The molecule has 0 aliphatic heterocycles. The molecule has 0 atom stereocenters. The molecule has 1 aliphatic carbocycles. The Balaban J connectivity index is 1.93. The summed E-state index contributed by atoms with van der Waals surface area (Å²) < 4.78 is 6.18. The zero-order valence-corrected chi connectivity index (χ0v) is 12.3. The number of aromatic carboxylic acids is 1. The average Bonchev–Trinajstić information content (AvgIpc) is 3.12. The minimum atomic E-state index is -0.915. The molecule has 0 radical (unpaired) electrons. The van der Waals surface area contributed by atoms with E-state index < -0.39 is 5.97 Å². The van der Waals surface area contributed by atoms with Gasteiger partial charge >= 0.3 is 5.97 Å². The van der Waals surface area contributed by atoms with Gasteiger partial charge in [-0.2, -0.15) is 0 Å². The standard InChI is InChI=1S/C15H14BrNO3/c16-11-6-10(15(18)19)7-13(8-11)17(12-3-4-12)9-14-2-1-5-20-14/h1-2,5-8,12H,3-4,9H2,(H,18,19). The van der Waals surface area contributed by atoms with E-state index in [4.69, 9.17) is 9.52 Å². The Hall–Kier alpha value is -1.75. The van der Waals surface area contributed by atoms with Gasteiger partial charge in [-0.3, -0.25) is 0 Å². The van der Waals surface area contributed by atoms with Crippen LogP contribution in [0.2, 0.25) is 0 Å². The van der Waals surface area contributed by atoms with Crippen molar-refractivity contribution in [3.8, 4) is 0 Å². The van der Waals surface area contributed by atoms with Gasteiger partial charge in [0.1, 0.15) is 5.76 Å². The fourth-order valence-corrected chi connectivity index (χ4v) is 2.73. The summed E-state index contributed by atoms with van der Waals surface area (Å²) in [6.45, 7) is 0.660. The number of nitrogens with zero attached hydrogens (tertiary/aromatic N) is 1. The monoisotopic (exact) mass is 335 g/mol. The van der Waals surface area contributed by atoms with Gasteiger partial charge in [0.15, 0.2) is 0 Å². The smallest absolute Gasteiger partial charge is 0.335 e. The molecule has 1 heterocycles. The number of benzene rings is 1. The molecule has 0 amide bonds. The normalized spacial score (nSPS) is 14.2. The lowest BCUT2D eigenvalue weighted by atomic mass is 10.2. The van der Waals surface area contributed by atoms with Gasteiger partial charge in [0.05, 0.1) is 18.4 Å². The van der Waals surface area contributed by atoms with Gasteiger partial charge in [-0.15, -0.1) is 0 Å². The lowest BCUT2D eigenvalue weighted by molar-refractivity contribution is 0.0697. The highest BCUT2D eigenvalue weighted by atomic mass is 79.9. The van der Waals surface area contributed by atoms with Gasteiger partial charge < -0.3 is 14.4 Å². The van der Waals surface area contributed by atoms with Crippen molar-refractivity contribution in [2.24, 2.45) is 0 Å². The number of hydrogen-bond donors (Lipinski definition) is 1. The van der Waals surface area contributed by atoms with Crippen LogP contribution in [-0.2, 0) is 6.54 Å². The third-order valence-corrected chi connectivity index (χ3v) is 3.81. The first-order valence-corrected chi connectivity index (χ1v) is 7.26. The van der Waals surface area contributed by atoms with Crippen molar-refractivity contribution in [3.63, 3.8) is 0 Å². The van der Waals surface area contributed by atoms with Crippen molar-refractivity contribution in [2.75, 3.05) is 4.90 Å². The lowest BCUT2D eigenvalue weighted by Crippen LogP contribution is -2.25. The van der Waals surface area contributed by atoms with E-state index in [-0.39, 0.29) is 0 Å². The molecule has 3 rings (SSSR count). The van der Waals surface area contributed by atoms with Crippen molar-refractivity contribution >= 4 is 27.6 Å². The molecule has 1 fully saturated rings. The Morgan fingerprint density at radius 2 is 2.20 bits per heavy atom. The Labute approximate surface area is 125 Å². The van der Waals surface area contributed by atoms with Gasteiger partial charge in [0, 0.05) is 16.2 Å². The average molecular weight is 336 g/mol. The summed E-state index contributed by atoms with van der Waals surface area (Å²) in [4.78, 5) is 13.4. The highest BCUT2D eigenvalue weighted by Crippen LogP contribution is 2.35. The van der Waals surface area contributed by atoms with Crippen LogP contribution in [0, 0.1) is 0 Å². The van der Waals surface area contributed by atoms with Crippen LogP contribution in [0.3, 0.4) is 0 Å². The van der Waals surface area contributed by atoms with Crippen LogP contribution in [0.15, 0.2) is 45.5 Å². The fourth-order valence-electron chi connectivity index (χ4n) is 2.25. The molecule has 1 aromatic carbocycles. The zero-order valence-electron chi connectivity index (χ0n) is 10.8. The summed E-state index contributed by atoms with van der Waals surface area (Å²) >= 11 is 3.38. The van der Waals surface area contributed by atoms with Gasteiger partial charge in [-0.05, 0) is 43.2 Å². The summed E-state index contributed by atoms with van der Waals surface area (Å²) in [5.41, 5.74) is 1.20. The van der Waals surface area contributed by atoms with E-state index in [0.717, 1.165) is 28.8 Å².